The summed E-state index contributed by atoms with van der Waals surface area (Å²) in [6.45, 7) is 1.18. The molecule has 0 fully saturated rings. The molecule has 26 heavy (non-hydrogen) atoms. The zero-order valence-electron chi connectivity index (χ0n) is 14.2. The van der Waals surface area contributed by atoms with Crippen LogP contribution in [0.15, 0.2) is 67.1 Å². The van der Waals surface area contributed by atoms with Crippen LogP contribution in [-0.4, -0.2) is 22.4 Å². The standard InChI is InChI=1S/C20H19ClN4O/c21-17-3-1-2-15(12-17)6-10-24-20(26)19-13-18(7-11-23-19)25-14-16-4-8-22-9-5-16/h1-5,7-9,11-13H,6,10,14H2,(H,23,25)(H,24,26). The van der Waals surface area contributed by atoms with E-state index in [4.69, 9.17) is 11.6 Å². The Morgan fingerprint density at radius 2 is 1.85 bits per heavy atom. The first kappa shape index (κ1) is 17.9. The van der Waals surface area contributed by atoms with Gasteiger partial charge in [-0.2, -0.15) is 0 Å². The van der Waals surface area contributed by atoms with Gasteiger partial charge in [-0.05, 0) is 53.9 Å². The minimum atomic E-state index is -0.195. The Morgan fingerprint density at radius 3 is 2.65 bits per heavy atom. The number of anilines is 1. The van der Waals surface area contributed by atoms with Crippen molar-refractivity contribution in [1.29, 1.82) is 0 Å². The maximum Gasteiger partial charge on any atom is 0.269 e. The van der Waals surface area contributed by atoms with Crippen molar-refractivity contribution < 1.29 is 4.79 Å². The molecule has 0 atom stereocenters. The average Bonchev–Trinajstić information content (AvgIpc) is 2.67. The van der Waals surface area contributed by atoms with Crippen LogP contribution in [0.3, 0.4) is 0 Å². The Hall–Kier alpha value is -2.92. The topological polar surface area (TPSA) is 66.9 Å². The fraction of sp³-hybridized carbons (Fsp3) is 0.150. The smallest absolute Gasteiger partial charge is 0.269 e. The molecule has 0 saturated heterocycles. The van der Waals surface area contributed by atoms with Crippen molar-refractivity contribution in [2.24, 2.45) is 0 Å². The number of hydrogen-bond donors (Lipinski definition) is 2. The highest BCUT2D eigenvalue weighted by molar-refractivity contribution is 6.30. The van der Waals surface area contributed by atoms with Crippen molar-refractivity contribution in [2.45, 2.75) is 13.0 Å². The molecule has 5 nitrogen and oxygen atoms in total. The summed E-state index contributed by atoms with van der Waals surface area (Å²) in [5, 5.41) is 6.87. The summed E-state index contributed by atoms with van der Waals surface area (Å²) in [5.74, 6) is -0.195. The predicted octanol–water partition coefficient (Wildman–Crippen LogP) is 3.71. The summed E-state index contributed by atoms with van der Waals surface area (Å²) in [6.07, 6.45) is 5.84. The maximum atomic E-state index is 12.3. The van der Waals surface area contributed by atoms with Crippen molar-refractivity contribution >= 4 is 23.2 Å². The van der Waals surface area contributed by atoms with E-state index >= 15 is 0 Å². The van der Waals surface area contributed by atoms with Crippen molar-refractivity contribution in [3.8, 4) is 0 Å². The third-order valence-corrected chi connectivity index (χ3v) is 4.06. The van der Waals surface area contributed by atoms with Crippen LogP contribution >= 0.6 is 11.6 Å². The van der Waals surface area contributed by atoms with Gasteiger partial charge in [-0.25, -0.2) is 0 Å². The molecule has 0 bridgehead atoms. The number of halogens is 1. The largest absolute Gasteiger partial charge is 0.381 e. The van der Waals surface area contributed by atoms with E-state index in [1.165, 1.54) is 0 Å². The van der Waals surface area contributed by atoms with E-state index in [9.17, 15) is 4.79 Å². The molecule has 132 valence electrons. The highest BCUT2D eigenvalue weighted by Crippen LogP contribution is 2.12. The second-order valence-electron chi connectivity index (χ2n) is 5.77. The number of nitrogens with zero attached hydrogens (tertiary/aromatic N) is 2. The predicted molar refractivity (Wildman–Crippen MR) is 103 cm³/mol. The summed E-state index contributed by atoms with van der Waals surface area (Å²) in [6, 6.07) is 15.1. The number of carbonyl (C=O) groups is 1. The van der Waals surface area contributed by atoms with Gasteiger partial charge in [0.15, 0.2) is 0 Å². The summed E-state index contributed by atoms with van der Waals surface area (Å²) in [5.41, 5.74) is 3.43. The number of pyridine rings is 2. The van der Waals surface area contributed by atoms with Gasteiger partial charge in [-0.3, -0.25) is 14.8 Å². The van der Waals surface area contributed by atoms with Crippen molar-refractivity contribution in [3.63, 3.8) is 0 Å². The van der Waals surface area contributed by atoms with Crippen molar-refractivity contribution in [2.75, 3.05) is 11.9 Å². The summed E-state index contributed by atoms with van der Waals surface area (Å²) in [4.78, 5) is 20.4. The number of nitrogens with one attached hydrogen (secondary N) is 2. The van der Waals surface area contributed by atoms with Crippen LogP contribution in [0.1, 0.15) is 21.6 Å². The van der Waals surface area contributed by atoms with Gasteiger partial charge in [0.1, 0.15) is 5.69 Å². The molecule has 0 aliphatic rings. The molecule has 0 radical (unpaired) electrons. The molecule has 0 spiro atoms. The Balaban J connectivity index is 1.52. The summed E-state index contributed by atoms with van der Waals surface area (Å²) >= 11 is 5.97. The Morgan fingerprint density at radius 1 is 1.00 bits per heavy atom. The van der Waals surface area contributed by atoms with E-state index < -0.39 is 0 Å². The van der Waals surface area contributed by atoms with Gasteiger partial charge in [-0.15, -0.1) is 0 Å². The molecule has 2 N–H and O–H groups in total. The molecule has 0 saturated carbocycles. The summed E-state index contributed by atoms with van der Waals surface area (Å²) in [7, 11) is 0. The number of amides is 1. The van der Waals surface area contributed by atoms with Gasteiger partial charge in [0.2, 0.25) is 0 Å². The second-order valence-corrected chi connectivity index (χ2v) is 6.21. The second kappa shape index (κ2) is 8.97. The third kappa shape index (κ3) is 5.29. The van der Waals surface area contributed by atoms with Crippen LogP contribution < -0.4 is 10.6 Å². The van der Waals surface area contributed by atoms with Gasteiger partial charge in [0.25, 0.3) is 5.91 Å². The SMILES string of the molecule is O=C(NCCc1cccc(Cl)c1)c1cc(NCc2ccncc2)ccn1. The van der Waals surface area contributed by atoms with Gasteiger partial charge < -0.3 is 10.6 Å². The van der Waals surface area contributed by atoms with Gasteiger partial charge in [0, 0.05) is 42.4 Å². The Kier molecular flexibility index (Phi) is 6.17. The molecule has 1 aromatic carbocycles. The molecule has 2 heterocycles. The zero-order valence-corrected chi connectivity index (χ0v) is 14.9. The molecule has 0 aliphatic heterocycles. The Labute approximate surface area is 157 Å². The molecular weight excluding hydrogens is 348 g/mol. The van der Waals surface area contributed by atoms with E-state index in [0.29, 0.717) is 30.2 Å². The molecule has 1 amide bonds. The van der Waals surface area contributed by atoms with Crippen LogP contribution in [-0.2, 0) is 13.0 Å². The molecule has 0 unspecified atom stereocenters. The van der Waals surface area contributed by atoms with Crippen LogP contribution in [0, 0.1) is 0 Å². The third-order valence-electron chi connectivity index (χ3n) is 3.83. The van der Waals surface area contributed by atoms with Crippen LogP contribution in [0.25, 0.3) is 0 Å². The quantitative estimate of drug-likeness (QED) is 0.668. The number of aromatic nitrogens is 2. The minimum absolute atomic E-state index is 0.195. The zero-order chi connectivity index (χ0) is 18.2. The van der Waals surface area contributed by atoms with E-state index in [0.717, 1.165) is 16.8 Å². The number of hydrogen-bond acceptors (Lipinski definition) is 4. The average molecular weight is 367 g/mol. The first-order chi connectivity index (χ1) is 12.7. The lowest BCUT2D eigenvalue weighted by Gasteiger charge is -2.09. The highest BCUT2D eigenvalue weighted by atomic mass is 35.5. The fourth-order valence-electron chi connectivity index (χ4n) is 2.47. The first-order valence-corrected chi connectivity index (χ1v) is 8.70. The summed E-state index contributed by atoms with van der Waals surface area (Å²) < 4.78 is 0. The molecule has 2 aromatic heterocycles. The van der Waals surface area contributed by atoms with Gasteiger partial charge >= 0.3 is 0 Å². The van der Waals surface area contributed by atoms with E-state index in [1.54, 1.807) is 24.7 Å². The molecule has 0 aliphatic carbocycles. The fourth-order valence-corrected chi connectivity index (χ4v) is 2.69. The molecule has 3 rings (SSSR count). The maximum absolute atomic E-state index is 12.3. The lowest BCUT2D eigenvalue weighted by Crippen LogP contribution is -2.26. The van der Waals surface area contributed by atoms with E-state index in [-0.39, 0.29) is 5.91 Å². The van der Waals surface area contributed by atoms with Crippen LogP contribution in [0.4, 0.5) is 5.69 Å². The van der Waals surface area contributed by atoms with Crippen molar-refractivity contribution in [3.05, 3.63) is 89.0 Å². The number of rotatable bonds is 7. The monoisotopic (exact) mass is 366 g/mol. The Bertz CT molecular complexity index is 870. The van der Waals surface area contributed by atoms with E-state index in [2.05, 4.69) is 20.6 Å². The van der Waals surface area contributed by atoms with Crippen LogP contribution in [0.5, 0.6) is 0 Å². The lowest BCUT2D eigenvalue weighted by molar-refractivity contribution is 0.0949. The van der Waals surface area contributed by atoms with Gasteiger partial charge in [0.05, 0.1) is 0 Å². The van der Waals surface area contributed by atoms with Crippen molar-refractivity contribution in [1.82, 2.24) is 15.3 Å². The normalized spacial score (nSPS) is 10.3. The minimum Gasteiger partial charge on any atom is -0.381 e. The van der Waals surface area contributed by atoms with Gasteiger partial charge in [-0.1, -0.05) is 23.7 Å². The highest BCUT2D eigenvalue weighted by Gasteiger charge is 2.07. The van der Waals surface area contributed by atoms with E-state index in [1.807, 2.05) is 42.5 Å². The molecule has 3 aromatic rings. The van der Waals surface area contributed by atoms with Crippen LogP contribution in [0.2, 0.25) is 5.02 Å². The molecule has 6 heteroatoms. The number of carbonyl (C=O) groups excluding carboxylic acids is 1. The lowest BCUT2D eigenvalue weighted by atomic mass is 10.1. The first-order valence-electron chi connectivity index (χ1n) is 8.32. The molecular formula is C20H19ClN4O. The number of benzene rings is 1.